The number of hydrogen-bond acceptors (Lipinski definition) is 6. The molecule has 1 N–H and O–H groups in total. The summed E-state index contributed by atoms with van der Waals surface area (Å²) in [5.41, 5.74) is 1.61. The highest BCUT2D eigenvalue weighted by atomic mass is 32.1. The third-order valence-corrected chi connectivity index (χ3v) is 6.91. The van der Waals surface area contributed by atoms with Crippen LogP contribution in [0.15, 0.2) is 74.9 Å². The van der Waals surface area contributed by atoms with Gasteiger partial charge in [-0.25, -0.2) is 4.79 Å². The van der Waals surface area contributed by atoms with Gasteiger partial charge in [0.1, 0.15) is 16.2 Å². The van der Waals surface area contributed by atoms with Gasteiger partial charge in [0.15, 0.2) is 0 Å². The van der Waals surface area contributed by atoms with Crippen molar-refractivity contribution in [3.8, 4) is 5.75 Å². The summed E-state index contributed by atoms with van der Waals surface area (Å²) < 4.78 is 13.1. The van der Waals surface area contributed by atoms with Gasteiger partial charge in [0.2, 0.25) is 0 Å². The van der Waals surface area contributed by atoms with Crippen molar-refractivity contribution in [2.24, 2.45) is 7.05 Å². The van der Waals surface area contributed by atoms with Crippen molar-refractivity contribution < 1.29 is 13.9 Å². The number of rotatable bonds is 6. The zero-order valence-electron chi connectivity index (χ0n) is 18.5. The monoisotopic (exact) mass is 475 g/mol. The molecule has 0 saturated heterocycles. The van der Waals surface area contributed by atoms with Crippen LogP contribution in [0.25, 0.3) is 21.2 Å². The predicted molar refractivity (Wildman–Crippen MR) is 131 cm³/mol. The molecule has 34 heavy (non-hydrogen) atoms. The number of amides is 1. The van der Waals surface area contributed by atoms with Crippen LogP contribution in [0, 0.1) is 0 Å². The third kappa shape index (κ3) is 3.90. The van der Waals surface area contributed by atoms with E-state index in [0.29, 0.717) is 21.6 Å². The molecule has 5 aromatic rings. The van der Waals surface area contributed by atoms with Gasteiger partial charge >= 0.3 is 5.69 Å². The highest BCUT2D eigenvalue weighted by molar-refractivity contribution is 7.20. The molecule has 0 unspecified atom stereocenters. The summed E-state index contributed by atoms with van der Waals surface area (Å²) in [6, 6.07) is 16.3. The van der Waals surface area contributed by atoms with E-state index in [0.717, 1.165) is 39.2 Å². The molecule has 9 heteroatoms. The van der Waals surface area contributed by atoms with Crippen LogP contribution in [0.1, 0.15) is 20.8 Å². The van der Waals surface area contributed by atoms with Crippen LogP contribution >= 0.6 is 11.3 Å². The van der Waals surface area contributed by atoms with Crippen molar-refractivity contribution in [1.29, 1.82) is 0 Å². The SMILES string of the molecule is COc1ccc(CNC(=O)c2cc3c(=O)n(Cc4ccc5occc5c4)c(=O)n(C)c3s2)cc1. The van der Waals surface area contributed by atoms with Gasteiger partial charge in [-0.1, -0.05) is 18.2 Å². The number of benzene rings is 2. The fraction of sp³-hybridized carbons (Fsp3) is 0.160. The fourth-order valence-corrected chi connectivity index (χ4v) is 4.87. The number of ether oxygens (including phenoxy) is 1. The zero-order chi connectivity index (χ0) is 23.8. The number of thiophene rings is 1. The van der Waals surface area contributed by atoms with Crippen molar-refractivity contribution in [1.82, 2.24) is 14.5 Å². The molecule has 2 aromatic carbocycles. The van der Waals surface area contributed by atoms with Crippen LogP contribution in [0.2, 0.25) is 0 Å². The van der Waals surface area contributed by atoms with Gasteiger partial charge in [-0.2, -0.15) is 0 Å². The summed E-state index contributed by atoms with van der Waals surface area (Å²) in [7, 11) is 3.20. The Hall–Kier alpha value is -4.11. The van der Waals surface area contributed by atoms with E-state index in [4.69, 9.17) is 9.15 Å². The second kappa shape index (κ2) is 8.68. The van der Waals surface area contributed by atoms with Crippen LogP contribution in [0.3, 0.4) is 0 Å². The van der Waals surface area contributed by atoms with E-state index in [2.05, 4.69) is 5.32 Å². The molecule has 8 nitrogen and oxygen atoms in total. The number of aromatic nitrogens is 2. The Labute approximate surface area is 197 Å². The maximum absolute atomic E-state index is 13.2. The lowest BCUT2D eigenvalue weighted by Crippen LogP contribution is -2.38. The number of nitrogens with one attached hydrogen (secondary N) is 1. The van der Waals surface area contributed by atoms with Gasteiger partial charge in [0.05, 0.1) is 30.2 Å². The van der Waals surface area contributed by atoms with Crippen molar-refractivity contribution in [3.05, 3.63) is 97.7 Å². The first kappa shape index (κ1) is 21.7. The van der Waals surface area contributed by atoms with Crippen molar-refractivity contribution in [3.63, 3.8) is 0 Å². The minimum absolute atomic E-state index is 0.122. The Morgan fingerprint density at radius 2 is 1.82 bits per heavy atom. The lowest BCUT2D eigenvalue weighted by Gasteiger charge is -2.08. The molecule has 3 aromatic heterocycles. The topological polar surface area (TPSA) is 95.5 Å². The van der Waals surface area contributed by atoms with E-state index in [1.54, 1.807) is 26.5 Å². The first-order valence-corrected chi connectivity index (χ1v) is 11.4. The molecule has 0 aliphatic rings. The van der Waals surface area contributed by atoms with Gasteiger partial charge in [-0.05, 0) is 47.5 Å². The first-order chi connectivity index (χ1) is 16.4. The highest BCUT2D eigenvalue weighted by Crippen LogP contribution is 2.22. The molecule has 0 aliphatic heterocycles. The Morgan fingerprint density at radius 3 is 2.59 bits per heavy atom. The van der Waals surface area contributed by atoms with E-state index in [9.17, 15) is 14.4 Å². The van der Waals surface area contributed by atoms with E-state index in [1.807, 2.05) is 48.5 Å². The van der Waals surface area contributed by atoms with Gasteiger partial charge < -0.3 is 14.5 Å². The number of carbonyl (C=O) groups is 1. The molecule has 0 bridgehead atoms. The van der Waals surface area contributed by atoms with Crippen molar-refractivity contribution >= 4 is 38.4 Å². The number of nitrogens with zero attached hydrogens (tertiary/aromatic N) is 2. The zero-order valence-corrected chi connectivity index (χ0v) is 19.3. The number of aryl methyl sites for hydroxylation is 1. The summed E-state index contributed by atoms with van der Waals surface area (Å²) in [6.45, 7) is 0.453. The maximum Gasteiger partial charge on any atom is 0.332 e. The van der Waals surface area contributed by atoms with Gasteiger partial charge in [0.25, 0.3) is 11.5 Å². The minimum Gasteiger partial charge on any atom is -0.497 e. The molecular formula is C25H21N3O5S. The van der Waals surface area contributed by atoms with E-state index < -0.39 is 11.2 Å². The molecule has 0 aliphatic carbocycles. The molecule has 0 spiro atoms. The summed E-state index contributed by atoms with van der Waals surface area (Å²) in [5, 5.41) is 4.10. The molecule has 1 amide bonds. The number of furan rings is 1. The molecule has 5 rings (SSSR count). The second-order valence-electron chi connectivity index (χ2n) is 7.89. The summed E-state index contributed by atoms with van der Waals surface area (Å²) in [5.74, 6) is 0.433. The smallest absolute Gasteiger partial charge is 0.332 e. The third-order valence-electron chi connectivity index (χ3n) is 5.70. The average Bonchev–Trinajstić information content (AvgIpc) is 3.51. The largest absolute Gasteiger partial charge is 0.497 e. The number of fused-ring (bicyclic) bond motifs is 2. The quantitative estimate of drug-likeness (QED) is 0.406. The molecule has 0 fully saturated rings. The molecule has 172 valence electrons. The standard InChI is InChI=1S/C25H21N3O5S/c1-27-24-19(12-21(34-24)22(29)26-13-15-3-6-18(32-2)7-4-15)23(30)28(25(27)31)14-16-5-8-20-17(11-16)9-10-33-20/h3-12H,13-14H2,1-2H3,(H,26,29). The van der Waals surface area contributed by atoms with Gasteiger partial charge in [-0.3, -0.25) is 18.7 Å². The lowest BCUT2D eigenvalue weighted by atomic mass is 10.1. The summed E-state index contributed by atoms with van der Waals surface area (Å²) in [6.07, 6.45) is 1.60. The molecule has 3 heterocycles. The van der Waals surface area contributed by atoms with Crippen LogP contribution < -0.4 is 21.3 Å². The fourth-order valence-electron chi connectivity index (χ4n) is 3.85. The normalized spacial score (nSPS) is 11.2. The molecule has 0 saturated carbocycles. The maximum atomic E-state index is 13.2. The van der Waals surface area contributed by atoms with E-state index in [-0.39, 0.29) is 12.5 Å². The number of carbonyl (C=O) groups excluding carboxylic acids is 1. The Bertz CT molecular complexity index is 1640. The molecule has 0 atom stereocenters. The van der Waals surface area contributed by atoms with Gasteiger partial charge in [0, 0.05) is 19.0 Å². The number of hydrogen-bond donors (Lipinski definition) is 1. The second-order valence-corrected chi connectivity index (χ2v) is 8.92. The Balaban J connectivity index is 1.43. The van der Waals surface area contributed by atoms with Crippen LogP contribution in [-0.2, 0) is 20.1 Å². The number of methoxy groups -OCH3 is 1. The van der Waals surface area contributed by atoms with Gasteiger partial charge in [-0.15, -0.1) is 11.3 Å². The van der Waals surface area contributed by atoms with Crippen molar-refractivity contribution in [2.45, 2.75) is 13.1 Å². The highest BCUT2D eigenvalue weighted by Gasteiger charge is 2.18. The van der Waals surface area contributed by atoms with E-state index in [1.165, 1.54) is 9.13 Å². The molecular weight excluding hydrogens is 454 g/mol. The first-order valence-electron chi connectivity index (χ1n) is 10.6. The Kier molecular flexibility index (Phi) is 5.54. The average molecular weight is 476 g/mol. The van der Waals surface area contributed by atoms with Crippen molar-refractivity contribution in [2.75, 3.05) is 7.11 Å². The molecule has 0 radical (unpaired) electrons. The Morgan fingerprint density at radius 1 is 1.06 bits per heavy atom. The van der Waals surface area contributed by atoms with Crippen LogP contribution in [0.4, 0.5) is 0 Å². The predicted octanol–water partition coefficient (Wildman–Crippen LogP) is 3.49. The van der Waals surface area contributed by atoms with E-state index >= 15 is 0 Å². The lowest BCUT2D eigenvalue weighted by molar-refractivity contribution is 0.0955. The summed E-state index contributed by atoms with van der Waals surface area (Å²) in [4.78, 5) is 39.8. The van der Waals surface area contributed by atoms with Crippen LogP contribution in [-0.4, -0.2) is 22.2 Å². The minimum atomic E-state index is -0.433. The van der Waals surface area contributed by atoms with Crippen LogP contribution in [0.5, 0.6) is 5.75 Å². The summed E-state index contributed by atoms with van der Waals surface area (Å²) >= 11 is 1.12.